The summed E-state index contributed by atoms with van der Waals surface area (Å²) in [6, 6.07) is 1.58. The lowest BCUT2D eigenvalue weighted by atomic mass is 10.1. The molecule has 90 valence electrons. The number of aliphatic hydroxyl groups excluding tert-OH is 1. The molecule has 16 heavy (non-hydrogen) atoms. The van der Waals surface area contributed by atoms with E-state index in [1.165, 1.54) is 0 Å². The van der Waals surface area contributed by atoms with E-state index in [0.29, 0.717) is 18.2 Å². The van der Waals surface area contributed by atoms with Crippen molar-refractivity contribution >= 4 is 28.9 Å². The quantitative estimate of drug-likeness (QED) is 0.858. The number of hydrogen-bond acceptors (Lipinski definition) is 4. The third-order valence-corrected chi connectivity index (χ3v) is 2.45. The third kappa shape index (κ3) is 4.51. The maximum Gasteiger partial charge on any atom is 0.174 e. The summed E-state index contributed by atoms with van der Waals surface area (Å²) >= 11 is 11.5. The first-order valence-corrected chi connectivity index (χ1v) is 5.85. The summed E-state index contributed by atoms with van der Waals surface area (Å²) in [6.45, 7) is 4.53. The molecule has 0 radical (unpaired) electrons. The van der Waals surface area contributed by atoms with Gasteiger partial charge in [-0.25, -0.2) is 0 Å². The van der Waals surface area contributed by atoms with E-state index >= 15 is 0 Å². The van der Waals surface area contributed by atoms with Crippen molar-refractivity contribution < 1.29 is 5.11 Å². The first-order valence-electron chi connectivity index (χ1n) is 5.09. The molecule has 0 spiro atoms. The van der Waals surface area contributed by atoms with Gasteiger partial charge in [0.15, 0.2) is 10.3 Å². The number of nitrogens with one attached hydrogen (secondary N) is 1. The molecule has 0 saturated carbocycles. The molecule has 1 rings (SSSR count). The fourth-order valence-electron chi connectivity index (χ4n) is 1.33. The SMILES string of the molecule is CC(C)CC(O)CNc1cc(Cl)nnc1Cl. The van der Waals surface area contributed by atoms with Crippen LogP contribution >= 0.6 is 23.2 Å². The predicted molar refractivity (Wildman–Crippen MR) is 66.0 cm³/mol. The van der Waals surface area contributed by atoms with Crippen molar-refractivity contribution in [1.82, 2.24) is 10.2 Å². The van der Waals surface area contributed by atoms with Crippen LogP contribution in [0.1, 0.15) is 20.3 Å². The largest absolute Gasteiger partial charge is 0.391 e. The van der Waals surface area contributed by atoms with Crippen molar-refractivity contribution in [2.75, 3.05) is 11.9 Å². The molecule has 0 bridgehead atoms. The van der Waals surface area contributed by atoms with Crippen molar-refractivity contribution in [3.8, 4) is 0 Å². The summed E-state index contributed by atoms with van der Waals surface area (Å²) in [5, 5.41) is 20.4. The van der Waals surface area contributed by atoms with Gasteiger partial charge in [0, 0.05) is 12.6 Å². The number of rotatable bonds is 5. The Bertz CT molecular complexity index is 347. The lowest BCUT2D eigenvalue weighted by Gasteiger charge is -2.14. The molecule has 1 heterocycles. The topological polar surface area (TPSA) is 58.0 Å². The van der Waals surface area contributed by atoms with Gasteiger partial charge in [0.2, 0.25) is 0 Å². The first kappa shape index (κ1) is 13.5. The summed E-state index contributed by atoms with van der Waals surface area (Å²) in [4.78, 5) is 0. The fraction of sp³-hybridized carbons (Fsp3) is 0.600. The van der Waals surface area contributed by atoms with Crippen molar-refractivity contribution in [2.24, 2.45) is 5.92 Å². The number of nitrogens with zero attached hydrogens (tertiary/aromatic N) is 2. The van der Waals surface area contributed by atoms with Gasteiger partial charge in [-0.2, -0.15) is 0 Å². The zero-order valence-electron chi connectivity index (χ0n) is 9.24. The molecule has 0 fully saturated rings. The molecule has 1 unspecified atom stereocenters. The van der Waals surface area contributed by atoms with Crippen LogP contribution in [0.4, 0.5) is 5.69 Å². The van der Waals surface area contributed by atoms with Gasteiger partial charge in [0.25, 0.3) is 0 Å². The highest BCUT2D eigenvalue weighted by molar-refractivity contribution is 6.33. The van der Waals surface area contributed by atoms with Crippen molar-refractivity contribution in [2.45, 2.75) is 26.4 Å². The van der Waals surface area contributed by atoms with Crippen LogP contribution in [0.5, 0.6) is 0 Å². The average Bonchev–Trinajstić information content (AvgIpc) is 2.18. The standard InChI is InChI=1S/C10H15Cl2N3O/c1-6(2)3-7(16)5-13-8-4-9(11)14-15-10(8)12/h4,6-7,16H,3,5H2,1-2H3,(H,13,14). The number of aliphatic hydroxyl groups is 1. The number of halogens is 2. The van der Waals surface area contributed by atoms with Gasteiger partial charge >= 0.3 is 0 Å². The van der Waals surface area contributed by atoms with E-state index in [1.54, 1.807) is 6.07 Å². The zero-order chi connectivity index (χ0) is 12.1. The van der Waals surface area contributed by atoms with Gasteiger partial charge in [0.05, 0.1) is 11.8 Å². The molecule has 0 aliphatic heterocycles. The van der Waals surface area contributed by atoms with Crippen LogP contribution < -0.4 is 5.32 Å². The maximum atomic E-state index is 9.67. The Morgan fingerprint density at radius 1 is 1.38 bits per heavy atom. The van der Waals surface area contributed by atoms with Crippen LogP contribution in [0.3, 0.4) is 0 Å². The van der Waals surface area contributed by atoms with E-state index < -0.39 is 6.10 Å². The second-order valence-electron chi connectivity index (χ2n) is 4.04. The second kappa shape index (κ2) is 6.23. The zero-order valence-corrected chi connectivity index (χ0v) is 10.8. The summed E-state index contributed by atoms with van der Waals surface area (Å²) in [5.41, 5.74) is 0.587. The average molecular weight is 264 g/mol. The molecule has 2 N–H and O–H groups in total. The Morgan fingerprint density at radius 2 is 2.06 bits per heavy atom. The second-order valence-corrected chi connectivity index (χ2v) is 4.78. The molecule has 6 heteroatoms. The van der Waals surface area contributed by atoms with Gasteiger partial charge in [-0.15, -0.1) is 10.2 Å². The third-order valence-electron chi connectivity index (χ3n) is 1.99. The summed E-state index contributed by atoms with van der Waals surface area (Å²) in [5.74, 6) is 0.450. The van der Waals surface area contributed by atoms with Crippen LogP contribution in [0.25, 0.3) is 0 Å². The predicted octanol–water partition coefficient (Wildman–Crippen LogP) is 2.60. The van der Waals surface area contributed by atoms with Gasteiger partial charge in [0.1, 0.15) is 0 Å². The van der Waals surface area contributed by atoms with Crippen LogP contribution in [-0.2, 0) is 0 Å². The summed E-state index contributed by atoms with van der Waals surface area (Å²) < 4.78 is 0. The minimum Gasteiger partial charge on any atom is -0.391 e. The molecule has 0 aromatic carbocycles. The van der Waals surface area contributed by atoms with Gasteiger partial charge < -0.3 is 10.4 Å². The molecular weight excluding hydrogens is 249 g/mol. The Labute approximate surface area is 105 Å². The molecule has 0 aliphatic rings. The Kier molecular flexibility index (Phi) is 5.25. The number of aromatic nitrogens is 2. The summed E-state index contributed by atoms with van der Waals surface area (Å²) in [6.07, 6.45) is 0.319. The number of anilines is 1. The molecule has 4 nitrogen and oxygen atoms in total. The molecule has 0 aliphatic carbocycles. The van der Waals surface area contributed by atoms with E-state index in [2.05, 4.69) is 29.4 Å². The fourth-order valence-corrected chi connectivity index (χ4v) is 1.64. The first-order chi connectivity index (χ1) is 7.49. The van der Waals surface area contributed by atoms with Gasteiger partial charge in [-0.3, -0.25) is 0 Å². The Balaban J connectivity index is 2.51. The molecule has 1 atom stereocenters. The minimum absolute atomic E-state index is 0.251. The van der Waals surface area contributed by atoms with Crippen LogP contribution in [0, 0.1) is 5.92 Å². The van der Waals surface area contributed by atoms with E-state index in [0.717, 1.165) is 6.42 Å². The van der Waals surface area contributed by atoms with Crippen LogP contribution in [0.15, 0.2) is 6.07 Å². The van der Waals surface area contributed by atoms with E-state index in [9.17, 15) is 5.11 Å². The number of hydrogen-bond donors (Lipinski definition) is 2. The minimum atomic E-state index is -0.414. The Hall–Kier alpha value is -0.580. The summed E-state index contributed by atoms with van der Waals surface area (Å²) in [7, 11) is 0. The lowest BCUT2D eigenvalue weighted by Crippen LogP contribution is -2.21. The van der Waals surface area contributed by atoms with Crippen LogP contribution in [0.2, 0.25) is 10.3 Å². The van der Waals surface area contributed by atoms with E-state index in [1.807, 2.05) is 0 Å². The molecule has 0 amide bonds. The highest BCUT2D eigenvalue weighted by Gasteiger charge is 2.09. The van der Waals surface area contributed by atoms with Crippen molar-refractivity contribution in [3.63, 3.8) is 0 Å². The van der Waals surface area contributed by atoms with Gasteiger partial charge in [-0.1, -0.05) is 37.0 Å². The Morgan fingerprint density at radius 3 is 2.69 bits per heavy atom. The van der Waals surface area contributed by atoms with E-state index in [4.69, 9.17) is 23.2 Å². The van der Waals surface area contributed by atoms with E-state index in [-0.39, 0.29) is 10.3 Å². The molecule has 1 aromatic heterocycles. The van der Waals surface area contributed by atoms with Crippen LogP contribution in [-0.4, -0.2) is 28.0 Å². The maximum absolute atomic E-state index is 9.67. The molecule has 0 saturated heterocycles. The highest BCUT2D eigenvalue weighted by Crippen LogP contribution is 2.20. The molecular formula is C10H15Cl2N3O. The highest BCUT2D eigenvalue weighted by atomic mass is 35.5. The monoisotopic (exact) mass is 263 g/mol. The van der Waals surface area contributed by atoms with Gasteiger partial charge in [-0.05, 0) is 12.3 Å². The van der Waals surface area contributed by atoms with Crippen molar-refractivity contribution in [1.29, 1.82) is 0 Å². The lowest BCUT2D eigenvalue weighted by molar-refractivity contribution is 0.161. The van der Waals surface area contributed by atoms with Crippen molar-refractivity contribution in [3.05, 3.63) is 16.4 Å². The molecule has 1 aromatic rings. The normalized spacial score (nSPS) is 12.9. The smallest absolute Gasteiger partial charge is 0.174 e.